The van der Waals surface area contributed by atoms with Crippen LogP contribution in [0.1, 0.15) is 57.1 Å². The van der Waals surface area contributed by atoms with Crippen LogP contribution in [-0.2, 0) is 0 Å². The number of likely N-dealkylation sites (tertiary alicyclic amines) is 1. The maximum atomic E-state index is 12.9. The Morgan fingerprint density at radius 3 is 2.47 bits per heavy atom. The van der Waals surface area contributed by atoms with Gasteiger partial charge in [-0.05, 0) is 69.6 Å². The lowest BCUT2D eigenvalue weighted by atomic mass is 9.94. The molecule has 0 saturated carbocycles. The van der Waals surface area contributed by atoms with Gasteiger partial charge in [-0.15, -0.1) is 0 Å². The first-order valence-corrected chi connectivity index (χ1v) is 7.68. The molecule has 4 nitrogen and oxygen atoms in total. The van der Waals surface area contributed by atoms with E-state index in [2.05, 4.69) is 25.9 Å². The van der Waals surface area contributed by atoms with Crippen molar-refractivity contribution >= 4 is 21.7 Å². The monoisotopic (exact) mass is 327 g/mol. The van der Waals surface area contributed by atoms with E-state index in [4.69, 9.17) is 0 Å². The fourth-order valence-corrected chi connectivity index (χ4v) is 3.11. The molecule has 0 spiro atoms. The van der Waals surface area contributed by atoms with E-state index in [1.54, 1.807) is 6.20 Å². The van der Waals surface area contributed by atoms with E-state index in [1.807, 2.05) is 32.4 Å². The number of Topliss-reactive ketones (excluding diaryl/α,β-unsaturated/α-hetero) is 1. The fourth-order valence-electron chi connectivity index (χ4n) is 2.65. The summed E-state index contributed by atoms with van der Waals surface area (Å²) in [4.78, 5) is 15.2. The first kappa shape index (κ1) is 14.7. The van der Waals surface area contributed by atoms with Gasteiger partial charge in [-0.2, -0.15) is 5.10 Å². The standard InChI is InChI=1S/C14H22BrN3O/c1-10(2)18-12(11(15)9-16-18)13(19)14(3,4)17-7-5-6-8-17/h9-10H,5-8H2,1-4H3. The molecule has 19 heavy (non-hydrogen) atoms. The molecule has 2 rings (SSSR count). The Morgan fingerprint density at radius 1 is 1.37 bits per heavy atom. The summed E-state index contributed by atoms with van der Waals surface area (Å²) >= 11 is 3.46. The molecule has 0 bridgehead atoms. The second-order valence-corrected chi connectivity index (χ2v) is 6.82. The predicted molar refractivity (Wildman–Crippen MR) is 79.5 cm³/mol. The highest BCUT2D eigenvalue weighted by Gasteiger charge is 2.39. The summed E-state index contributed by atoms with van der Waals surface area (Å²) in [7, 11) is 0. The lowest BCUT2D eigenvalue weighted by Gasteiger charge is -2.34. The second-order valence-electron chi connectivity index (χ2n) is 5.96. The topological polar surface area (TPSA) is 38.1 Å². The minimum Gasteiger partial charge on any atom is -0.291 e. The molecule has 1 aliphatic rings. The summed E-state index contributed by atoms with van der Waals surface area (Å²) < 4.78 is 2.60. The van der Waals surface area contributed by atoms with Gasteiger partial charge in [0.2, 0.25) is 5.78 Å². The van der Waals surface area contributed by atoms with Gasteiger partial charge in [-0.1, -0.05) is 0 Å². The Morgan fingerprint density at radius 2 is 1.95 bits per heavy atom. The maximum absolute atomic E-state index is 12.9. The van der Waals surface area contributed by atoms with Crippen LogP contribution in [0.15, 0.2) is 10.7 Å². The van der Waals surface area contributed by atoms with Crippen molar-refractivity contribution in [1.82, 2.24) is 14.7 Å². The van der Waals surface area contributed by atoms with Gasteiger partial charge in [0.15, 0.2) is 0 Å². The number of hydrogen-bond acceptors (Lipinski definition) is 3. The van der Waals surface area contributed by atoms with Gasteiger partial charge in [0.05, 0.1) is 16.2 Å². The lowest BCUT2D eigenvalue weighted by molar-refractivity contribution is 0.0688. The van der Waals surface area contributed by atoms with Gasteiger partial charge < -0.3 is 0 Å². The molecule has 0 N–H and O–H groups in total. The number of ketones is 1. The second kappa shape index (κ2) is 5.37. The van der Waals surface area contributed by atoms with Gasteiger partial charge >= 0.3 is 0 Å². The molecule has 1 aliphatic heterocycles. The van der Waals surface area contributed by atoms with Crippen LogP contribution < -0.4 is 0 Å². The third kappa shape index (κ3) is 2.63. The molecular formula is C14H22BrN3O. The Kier molecular flexibility index (Phi) is 4.16. The van der Waals surface area contributed by atoms with E-state index in [9.17, 15) is 4.79 Å². The normalized spacial score (nSPS) is 17.4. The van der Waals surface area contributed by atoms with E-state index < -0.39 is 5.54 Å². The number of rotatable bonds is 4. The van der Waals surface area contributed by atoms with E-state index in [0.717, 1.165) is 17.6 Å². The zero-order valence-electron chi connectivity index (χ0n) is 12.1. The number of nitrogens with zero attached hydrogens (tertiary/aromatic N) is 3. The summed E-state index contributed by atoms with van der Waals surface area (Å²) in [5, 5.41) is 4.31. The number of hydrogen-bond donors (Lipinski definition) is 0. The van der Waals surface area contributed by atoms with Crippen molar-refractivity contribution in [2.24, 2.45) is 0 Å². The van der Waals surface area contributed by atoms with Gasteiger partial charge in [-0.3, -0.25) is 14.4 Å². The lowest BCUT2D eigenvalue weighted by Crippen LogP contribution is -2.49. The largest absolute Gasteiger partial charge is 0.291 e. The summed E-state index contributed by atoms with van der Waals surface area (Å²) in [6.07, 6.45) is 4.08. The summed E-state index contributed by atoms with van der Waals surface area (Å²) in [6.45, 7) is 10.1. The Labute approximate surface area is 123 Å². The molecule has 0 radical (unpaired) electrons. The van der Waals surface area contributed by atoms with Crippen molar-refractivity contribution in [3.05, 3.63) is 16.4 Å². The minimum absolute atomic E-state index is 0.146. The number of carbonyl (C=O) groups excluding carboxylic acids is 1. The Hall–Kier alpha value is -0.680. The molecule has 2 heterocycles. The molecule has 1 aromatic heterocycles. The summed E-state index contributed by atoms with van der Waals surface area (Å²) in [6, 6.07) is 0.180. The van der Waals surface area contributed by atoms with Gasteiger partial charge in [0.1, 0.15) is 5.69 Å². The molecule has 0 aliphatic carbocycles. The highest BCUT2D eigenvalue weighted by Crippen LogP contribution is 2.29. The van der Waals surface area contributed by atoms with E-state index in [-0.39, 0.29) is 11.8 Å². The average molecular weight is 328 g/mol. The third-order valence-corrected chi connectivity index (χ3v) is 4.49. The van der Waals surface area contributed by atoms with Crippen molar-refractivity contribution in [2.45, 2.75) is 52.1 Å². The number of carbonyl (C=O) groups is 1. The van der Waals surface area contributed by atoms with Gasteiger partial charge in [-0.25, -0.2) is 0 Å². The highest BCUT2D eigenvalue weighted by molar-refractivity contribution is 9.10. The fraction of sp³-hybridized carbons (Fsp3) is 0.714. The van der Waals surface area contributed by atoms with Gasteiger partial charge in [0.25, 0.3) is 0 Å². The summed E-state index contributed by atoms with van der Waals surface area (Å²) in [5.41, 5.74) is 0.220. The molecule has 0 unspecified atom stereocenters. The Bertz CT molecular complexity index is 473. The van der Waals surface area contributed by atoms with Crippen molar-refractivity contribution in [1.29, 1.82) is 0 Å². The van der Waals surface area contributed by atoms with Crippen LogP contribution in [0, 0.1) is 0 Å². The Balaban J connectivity index is 2.35. The van der Waals surface area contributed by atoms with Crippen LogP contribution >= 0.6 is 15.9 Å². The quantitative estimate of drug-likeness (QED) is 0.796. The molecular weight excluding hydrogens is 306 g/mol. The first-order chi connectivity index (χ1) is 8.85. The third-order valence-electron chi connectivity index (χ3n) is 3.91. The van der Waals surface area contributed by atoms with E-state index >= 15 is 0 Å². The van der Waals surface area contributed by atoms with Crippen LogP contribution in [0.25, 0.3) is 0 Å². The highest BCUT2D eigenvalue weighted by atomic mass is 79.9. The zero-order chi connectivity index (χ0) is 14.2. The maximum Gasteiger partial charge on any atom is 0.201 e. The molecule has 5 heteroatoms. The van der Waals surface area contributed by atoms with Crippen molar-refractivity contribution in [3.8, 4) is 0 Å². The number of halogens is 1. The molecule has 0 amide bonds. The van der Waals surface area contributed by atoms with Crippen LogP contribution in [-0.4, -0.2) is 39.1 Å². The molecule has 1 fully saturated rings. The molecule has 1 saturated heterocycles. The van der Waals surface area contributed by atoms with Crippen molar-refractivity contribution in [3.63, 3.8) is 0 Å². The smallest absolute Gasteiger partial charge is 0.201 e. The van der Waals surface area contributed by atoms with Crippen molar-refractivity contribution in [2.75, 3.05) is 13.1 Å². The first-order valence-electron chi connectivity index (χ1n) is 6.88. The van der Waals surface area contributed by atoms with Crippen LogP contribution in [0.4, 0.5) is 0 Å². The van der Waals surface area contributed by atoms with Crippen molar-refractivity contribution < 1.29 is 4.79 Å². The molecule has 1 aromatic rings. The van der Waals surface area contributed by atoms with Crippen LogP contribution in [0.5, 0.6) is 0 Å². The van der Waals surface area contributed by atoms with Gasteiger partial charge in [0, 0.05) is 6.04 Å². The minimum atomic E-state index is -0.467. The summed E-state index contributed by atoms with van der Waals surface area (Å²) in [5.74, 6) is 0.146. The number of aromatic nitrogens is 2. The van der Waals surface area contributed by atoms with E-state index in [0.29, 0.717) is 5.69 Å². The molecule has 0 aromatic carbocycles. The molecule has 0 atom stereocenters. The zero-order valence-corrected chi connectivity index (χ0v) is 13.7. The predicted octanol–water partition coefficient (Wildman–Crippen LogP) is 3.28. The van der Waals surface area contributed by atoms with Crippen LogP contribution in [0.3, 0.4) is 0 Å². The molecule has 106 valence electrons. The average Bonchev–Trinajstić information content (AvgIpc) is 2.96. The van der Waals surface area contributed by atoms with E-state index in [1.165, 1.54) is 12.8 Å². The van der Waals surface area contributed by atoms with Crippen LogP contribution in [0.2, 0.25) is 0 Å². The SMILES string of the molecule is CC(C)n1ncc(Br)c1C(=O)C(C)(C)N1CCCC1.